The van der Waals surface area contributed by atoms with Gasteiger partial charge in [0, 0.05) is 18.9 Å². The van der Waals surface area contributed by atoms with Crippen LogP contribution in [0, 0.1) is 0 Å². The standard InChI is InChI=1S/C23H23N3O6/c1-15(21(27)26-13-16-8-9-19(29-2)20(12-16)30-3)31-23(28)18-7-5-11-25-22(18)32-17-6-4-10-24-14-17/h4-12,14-15H,13H2,1-3H3,(H,26,27). The first-order valence-corrected chi connectivity index (χ1v) is 9.74. The maximum absolute atomic E-state index is 12.6. The number of esters is 1. The summed E-state index contributed by atoms with van der Waals surface area (Å²) in [5.74, 6) is 0.434. The summed E-state index contributed by atoms with van der Waals surface area (Å²) in [5.41, 5.74) is 0.893. The molecule has 3 rings (SSSR count). The summed E-state index contributed by atoms with van der Waals surface area (Å²) in [6.45, 7) is 1.71. The van der Waals surface area contributed by atoms with Crippen molar-refractivity contribution in [3.63, 3.8) is 0 Å². The Morgan fingerprint density at radius 1 is 1.03 bits per heavy atom. The molecule has 9 nitrogen and oxygen atoms in total. The van der Waals surface area contributed by atoms with Gasteiger partial charge < -0.3 is 24.3 Å². The zero-order chi connectivity index (χ0) is 22.9. The van der Waals surface area contributed by atoms with E-state index in [4.69, 9.17) is 18.9 Å². The molecule has 32 heavy (non-hydrogen) atoms. The smallest absolute Gasteiger partial charge is 0.344 e. The number of hydrogen-bond donors (Lipinski definition) is 1. The van der Waals surface area contributed by atoms with Gasteiger partial charge in [0.2, 0.25) is 5.88 Å². The van der Waals surface area contributed by atoms with Crippen LogP contribution in [0.25, 0.3) is 0 Å². The van der Waals surface area contributed by atoms with E-state index in [2.05, 4.69) is 15.3 Å². The molecule has 0 aliphatic carbocycles. The maximum atomic E-state index is 12.6. The summed E-state index contributed by atoms with van der Waals surface area (Å²) < 4.78 is 21.4. The topological polar surface area (TPSA) is 109 Å². The average Bonchev–Trinajstić information content (AvgIpc) is 2.83. The minimum atomic E-state index is -1.03. The quantitative estimate of drug-likeness (QED) is 0.509. The molecule has 1 atom stereocenters. The summed E-state index contributed by atoms with van der Waals surface area (Å²) in [4.78, 5) is 33.1. The van der Waals surface area contributed by atoms with Gasteiger partial charge in [-0.3, -0.25) is 9.78 Å². The fraction of sp³-hybridized carbons (Fsp3) is 0.217. The first-order valence-electron chi connectivity index (χ1n) is 9.74. The fourth-order valence-electron chi connectivity index (χ4n) is 2.75. The number of rotatable bonds is 9. The lowest BCUT2D eigenvalue weighted by molar-refractivity contribution is -0.129. The lowest BCUT2D eigenvalue weighted by atomic mass is 10.2. The Bertz CT molecular complexity index is 1070. The van der Waals surface area contributed by atoms with Crippen LogP contribution in [0.4, 0.5) is 0 Å². The van der Waals surface area contributed by atoms with Crippen LogP contribution in [0.2, 0.25) is 0 Å². The van der Waals surface area contributed by atoms with Gasteiger partial charge in [0.1, 0.15) is 11.3 Å². The number of carbonyl (C=O) groups is 2. The van der Waals surface area contributed by atoms with Crippen molar-refractivity contribution in [1.82, 2.24) is 15.3 Å². The van der Waals surface area contributed by atoms with Crippen molar-refractivity contribution in [3.05, 3.63) is 72.2 Å². The van der Waals surface area contributed by atoms with Gasteiger partial charge >= 0.3 is 5.97 Å². The van der Waals surface area contributed by atoms with Gasteiger partial charge in [-0.15, -0.1) is 0 Å². The van der Waals surface area contributed by atoms with E-state index in [1.807, 2.05) is 0 Å². The van der Waals surface area contributed by atoms with E-state index >= 15 is 0 Å². The molecule has 1 unspecified atom stereocenters. The highest BCUT2D eigenvalue weighted by Crippen LogP contribution is 2.27. The molecule has 0 saturated heterocycles. The predicted molar refractivity (Wildman–Crippen MR) is 115 cm³/mol. The number of pyridine rings is 2. The molecule has 1 aromatic carbocycles. The van der Waals surface area contributed by atoms with Crippen molar-refractivity contribution in [2.75, 3.05) is 14.2 Å². The van der Waals surface area contributed by atoms with Crippen molar-refractivity contribution < 1.29 is 28.5 Å². The van der Waals surface area contributed by atoms with E-state index in [0.29, 0.717) is 17.2 Å². The molecular weight excluding hydrogens is 414 g/mol. The van der Waals surface area contributed by atoms with Gasteiger partial charge in [0.15, 0.2) is 17.6 Å². The van der Waals surface area contributed by atoms with Crippen LogP contribution < -0.4 is 19.5 Å². The normalized spacial score (nSPS) is 11.2. The number of nitrogens with one attached hydrogen (secondary N) is 1. The van der Waals surface area contributed by atoms with Gasteiger partial charge in [0.05, 0.1) is 20.4 Å². The van der Waals surface area contributed by atoms with Gasteiger partial charge in [-0.1, -0.05) is 6.07 Å². The number of aromatic nitrogens is 2. The highest BCUT2D eigenvalue weighted by atomic mass is 16.6. The van der Waals surface area contributed by atoms with Gasteiger partial charge in [0.25, 0.3) is 5.91 Å². The van der Waals surface area contributed by atoms with E-state index in [1.54, 1.807) is 49.7 Å². The number of methoxy groups -OCH3 is 2. The van der Waals surface area contributed by atoms with Crippen molar-refractivity contribution in [2.24, 2.45) is 0 Å². The molecule has 3 aromatic rings. The number of benzene rings is 1. The molecule has 1 N–H and O–H groups in total. The molecule has 0 radical (unpaired) electrons. The monoisotopic (exact) mass is 437 g/mol. The summed E-state index contributed by atoms with van der Waals surface area (Å²) in [6.07, 6.45) is 3.55. The van der Waals surface area contributed by atoms with Crippen molar-refractivity contribution in [3.8, 4) is 23.1 Å². The lowest BCUT2D eigenvalue weighted by Gasteiger charge is -2.15. The van der Waals surface area contributed by atoms with Crippen LogP contribution in [-0.4, -0.2) is 42.2 Å². The Labute approximate surface area is 185 Å². The second-order valence-electron chi connectivity index (χ2n) is 6.60. The van der Waals surface area contributed by atoms with Gasteiger partial charge in [-0.05, 0) is 48.9 Å². The SMILES string of the molecule is COc1ccc(CNC(=O)C(C)OC(=O)c2cccnc2Oc2cccnc2)cc1OC. The molecule has 2 aromatic heterocycles. The summed E-state index contributed by atoms with van der Waals surface area (Å²) in [5, 5.41) is 2.73. The maximum Gasteiger partial charge on any atom is 0.344 e. The second-order valence-corrected chi connectivity index (χ2v) is 6.60. The van der Waals surface area contributed by atoms with Crippen LogP contribution in [0.3, 0.4) is 0 Å². The van der Waals surface area contributed by atoms with E-state index in [1.165, 1.54) is 32.5 Å². The highest BCUT2D eigenvalue weighted by molar-refractivity contribution is 5.94. The second kappa shape index (κ2) is 10.8. The van der Waals surface area contributed by atoms with Crippen LogP contribution in [0.1, 0.15) is 22.8 Å². The predicted octanol–water partition coefficient (Wildman–Crippen LogP) is 3.15. The molecule has 1 amide bonds. The first-order chi connectivity index (χ1) is 15.5. The molecule has 0 spiro atoms. The Morgan fingerprint density at radius 3 is 2.53 bits per heavy atom. The van der Waals surface area contributed by atoms with E-state index in [-0.39, 0.29) is 18.0 Å². The highest BCUT2D eigenvalue weighted by Gasteiger charge is 2.22. The third-order valence-corrected chi connectivity index (χ3v) is 4.41. The Balaban J connectivity index is 1.60. The van der Waals surface area contributed by atoms with Gasteiger partial charge in [-0.2, -0.15) is 0 Å². The van der Waals surface area contributed by atoms with Crippen molar-refractivity contribution in [1.29, 1.82) is 0 Å². The van der Waals surface area contributed by atoms with Crippen LogP contribution in [0.15, 0.2) is 61.1 Å². The largest absolute Gasteiger partial charge is 0.493 e. The number of nitrogens with zero attached hydrogens (tertiary/aromatic N) is 2. The van der Waals surface area contributed by atoms with Crippen LogP contribution in [-0.2, 0) is 16.1 Å². The van der Waals surface area contributed by atoms with Gasteiger partial charge in [-0.25, -0.2) is 9.78 Å². The number of carbonyl (C=O) groups excluding carboxylic acids is 2. The summed E-state index contributed by atoms with van der Waals surface area (Å²) in [7, 11) is 3.08. The van der Waals surface area contributed by atoms with E-state index in [0.717, 1.165) is 5.56 Å². The zero-order valence-electron chi connectivity index (χ0n) is 17.9. The molecular formula is C23H23N3O6. The molecule has 2 heterocycles. The van der Waals surface area contributed by atoms with E-state index in [9.17, 15) is 9.59 Å². The van der Waals surface area contributed by atoms with Crippen LogP contribution in [0.5, 0.6) is 23.1 Å². The third kappa shape index (κ3) is 5.72. The average molecular weight is 437 g/mol. The molecule has 0 bridgehead atoms. The minimum absolute atomic E-state index is 0.0587. The molecule has 0 aliphatic heterocycles. The Morgan fingerprint density at radius 2 is 1.81 bits per heavy atom. The number of ether oxygens (including phenoxy) is 4. The molecule has 9 heteroatoms. The number of amides is 1. The molecule has 0 saturated carbocycles. The summed E-state index contributed by atoms with van der Waals surface area (Å²) >= 11 is 0. The third-order valence-electron chi connectivity index (χ3n) is 4.41. The summed E-state index contributed by atoms with van der Waals surface area (Å²) in [6, 6.07) is 11.8. The molecule has 0 fully saturated rings. The lowest BCUT2D eigenvalue weighted by Crippen LogP contribution is -2.35. The first kappa shape index (κ1) is 22.5. The van der Waals surface area contributed by atoms with Crippen molar-refractivity contribution in [2.45, 2.75) is 19.6 Å². The van der Waals surface area contributed by atoms with Crippen LogP contribution >= 0.6 is 0 Å². The van der Waals surface area contributed by atoms with Crippen molar-refractivity contribution >= 4 is 11.9 Å². The Kier molecular flexibility index (Phi) is 7.58. The molecule has 0 aliphatic rings. The molecule has 166 valence electrons. The van der Waals surface area contributed by atoms with E-state index < -0.39 is 18.0 Å². The fourth-order valence-corrected chi connectivity index (χ4v) is 2.75. The minimum Gasteiger partial charge on any atom is -0.493 e. The number of hydrogen-bond acceptors (Lipinski definition) is 8. The zero-order valence-corrected chi connectivity index (χ0v) is 17.9. The Hall–Kier alpha value is -4.14.